The molecule has 0 aliphatic rings. The predicted molar refractivity (Wildman–Crippen MR) is 59.8 cm³/mol. The smallest absolute Gasteiger partial charge is 0.203 e. The van der Waals surface area contributed by atoms with E-state index in [0.29, 0.717) is 0 Å². The van der Waals surface area contributed by atoms with Gasteiger partial charge in [0.2, 0.25) is 9.84 Å². The van der Waals surface area contributed by atoms with Crippen molar-refractivity contribution >= 4 is 9.84 Å². The van der Waals surface area contributed by atoms with Crippen molar-refractivity contribution in [2.24, 2.45) is 11.5 Å². The minimum Gasteiger partial charge on any atom is -0.327 e. The Labute approximate surface area is 89.5 Å². The van der Waals surface area contributed by atoms with E-state index in [1.165, 1.54) is 18.2 Å². The van der Waals surface area contributed by atoms with E-state index in [1.54, 1.807) is 18.2 Å². The van der Waals surface area contributed by atoms with Crippen LogP contribution >= 0.6 is 0 Å². The summed E-state index contributed by atoms with van der Waals surface area (Å²) in [5.41, 5.74) is 10.7. The molecule has 0 saturated heterocycles. The molecule has 0 aliphatic heterocycles. The van der Waals surface area contributed by atoms with E-state index in [2.05, 4.69) is 0 Å². The molecule has 0 bridgehead atoms. The van der Waals surface area contributed by atoms with Crippen LogP contribution in [0.25, 0.3) is 0 Å². The molecule has 0 atom stereocenters. The summed E-state index contributed by atoms with van der Waals surface area (Å²) >= 11 is 0. The molecule has 0 unspecified atom stereocenters. The Bertz CT molecular complexity index is 438. The fourth-order valence-electron chi connectivity index (χ4n) is 1.19. The van der Waals surface area contributed by atoms with Gasteiger partial charge in [0, 0.05) is 13.1 Å². The first-order chi connectivity index (χ1) is 7.12. The van der Waals surface area contributed by atoms with Crippen LogP contribution in [-0.2, 0) is 9.84 Å². The topological polar surface area (TPSA) is 86.2 Å². The van der Waals surface area contributed by atoms with Crippen molar-refractivity contribution in [3.8, 4) is 0 Å². The SMILES string of the molecule is NC/C=C(\CN)S(=O)(=O)c1ccccc1. The molecule has 0 heterocycles. The van der Waals surface area contributed by atoms with Gasteiger partial charge in [0.15, 0.2) is 0 Å². The van der Waals surface area contributed by atoms with Gasteiger partial charge in [-0.3, -0.25) is 0 Å². The van der Waals surface area contributed by atoms with Crippen LogP contribution in [0.5, 0.6) is 0 Å². The second-order valence-electron chi connectivity index (χ2n) is 2.93. The summed E-state index contributed by atoms with van der Waals surface area (Å²) in [6.45, 7) is 0.132. The molecular formula is C10H14N2O2S. The molecule has 0 spiro atoms. The third-order valence-electron chi connectivity index (χ3n) is 1.95. The Morgan fingerprint density at radius 2 is 1.80 bits per heavy atom. The quantitative estimate of drug-likeness (QED) is 0.771. The number of rotatable bonds is 4. The Balaban J connectivity index is 3.19. The van der Waals surface area contributed by atoms with Crippen LogP contribution in [0, 0.1) is 0 Å². The normalized spacial score (nSPS) is 12.8. The van der Waals surface area contributed by atoms with E-state index in [9.17, 15) is 8.42 Å². The molecule has 0 radical (unpaired) electrons. The minimum atomic E-state index is -3.46. The second kappa shape index (κ2) is 5.06. The van der Waals surface area contributed by atoms with E-state index in [4.69, 9.17) is 11.5 Å². The Kier molecular flexibility index (Phi) is 4.02. The Morgan fingerprint density at radius 3 is 2.27 bits per heavy atom. The van der Waals surface area contributed by atoms with Crippen molar-refractivity contribution in [1.29, 1.82) is 0 Å². The van der Waals surface area contributed by atoms with Crippen LogP contribution in [0.1, 0.15) is 0 Å². The van der Waals surface area contributed by atoms with E-state index >= 15 is 0 Å². The van der Waals surface area contributed by atoms with Crippen LogP contribution < -0.4 is 11.5 Å². The summed E-state index contributed by atoms with van der Waals surface area (Å²) in [5, 5.41) is 0. The molecule has 0 saturated carbocycles. The van der Waals surface area contributed by atoms with Gasteiger partial charge in [-0.1, -0.05) is 24.3 Å². The lowest BCUT2D eigenvalue weighted by atomic mass is 10.4. The molecule has 0 aliphatic carbocycles. The molecule has 0 amide bonds. The highest BCUT2D eigenvalue weighted by Crippen LogP contribution is 2.17. The first kappa shape index (κ1) is 11.9. The largest absolute Gasteiger partial charge is 0.327 e. The molecule has 4 N–H and O–H groups in total. The zero-order valence-electron chi connectivity index (χ0n) is 8.26. The van der Waals surface area contributed by atoms with Gasteiger partial charge in [0.05, 0.1) is 9.80 Å². The lowest BCUT2D eigenvalue weighted by Gasteiger charge is -2.06. The average Bonchev–Trinajstić information content (AvgIpc) is 2.27. The molecule has 0 aromatic heterocycles. The number of benzene rings is 1. The summed E-state index contributed by atoms with van der Waals surface area (Å²) in [4.78, 5) is 0.409. The van der Waals surface area contributed by atoms with Crippen LogP contribution in [0.2, 0.25) is 0 Å². The highest BCUT2D eigenvalue weighted by molar-refractivity contribution is 7.95. The Hall–Kier alpha value is -1.17. The van der Waals surface area contributed by atoms with Gasteiger partial charge in [0.25, 0.3) is 0 Å². The van der Waals surface area contributed by atoms with Gasteiger partial charge in [-0.2, -0.15) is 0 Å². The molecule has 1 aromatic carbocycles. The van der Waals surface area contributed by atoms with Gasteiger partial charge < -0.3 is 11.5 Å². The summed E-state index contributed by atoms with van der Waals surface area (Å²) in [5.74, 6) is 0. The van der Waals surface area contributed by atoms with Crippen LogP contribution in [-0.4, -0.2) is 21.5 Å². The summed E-state index contributed by atoms with van der Waals surface area (Å²) in [6, 6.07) is 8.17. The lowest BCUT2D eigenvalue weighted by Crippen LogP contribution is -2.15. The lowest BCUT2D eigenvalue weighted by molar-refractivity contribution is 0.601. The molecule has 82 valence electrons. The highest BCUT2D eigenvalue weighted by atomic mass is 32.2. The van der Waals surface area contributed by atoms with Gasteiger partial charge in [-0.15, -0.1) is 0 Å². The van der Waals surface area contributed by atoms with Crippen molar-refractivity contribution in [3.63, 3.8) is 0 Å². The molecule has 15 heavy (non-hydrogen) atoms. The first-order valence-corrected chi connectivity index (χ1v) is 6.00. The maximum atomic E-state index is 11.9. The standard InChI is InChI=1S/C10H14N2O2S/c11-7-6-10(8-12)15(13,14)9-4-2-1-3-5-9/h1-6H,7-8,11-12H2/b10-6+. The van der Waals surface area contributed by atoms with Crippen LogP contribution in [0.3, 0.4) is 0 Å². The van der Waals surface area contributed by atoms with E-state index in [-0.39, 0.29) is 22.9 Å². The van der Waals surface area contributed by atoms with Crippen LogP contribution in [0.15, 0.2) is 46.2 Å². The van der Waals surface area contributed by atoms with E-state index in [1.807, 2.05) is 0 Å². The third-order valence-corrected chi connectivity index (χ3v) is 3.86. The first-order valence-electron chi connectivity index (χ1n) is 4.52. The predicted octanol–water partition coefficient (Wildman–Crippen LogP) is 0.262. The summed E-state index contributed by atoms with van der Waals surface area (Å²) in [7, 11) is -3.46. The monoisotopic (exact) mass is 226 g/mol. The van der Waals surface area contributed by atoms with E-state index in [0.717, 1.165) is 0 Å². The number of hydrogen-bond acceptors (Lipinski definition) is 4. The maximum absolute atomic E-state index is 11.9. The van der Waals surface area contributed by atoms with Gasteiger partial charge in [-0.05, 0) is 12.1 Å². The molecule has 1 aromatic rings. The fourth-order valence-corrected chi connectivity index (χ4v) is 2.54. The summed E-state index contributed by atoms with van der Waals surface area (Å²) in [6.07, 6.45) is 1.43. The molecule has 1 rings (SSSR count). The molecular weight excluding hydrogens is 212 g/mol. The van der Waals surface area contributed by atoms with Crippen molar-refractivity contribution in [2.75, 3.05) is 13.1 Å². The number of hydrogen-bond donors (Lipinski definition) is 2. The van der Waals surface area contributed by atoms with Crippen molar-refractivity contribution in [3.05, 3.63) is 41.3 Å². The second-order valence-corrected chi connectivity index (χ2v) is 4.93. The van der Waals surface area contributed by atoms with Crippen molar-refractivity contribution in [1.82, 2.24) is 0 Å². The van der Waals surface area contributed by atoms with Gasteiger partial charge in [-0.25, -0.2) is 8.42 Å². The van der Waals surface area contributed by atoms with Crippen LogP contribution in [0.4, 0.5) is 0 Å². The van der Waals surface area contributed by atoms with Crippen molar-refractivity contribution < 1.29 is 8.42 Å². The highest BCUT2D eigenvalue weighted by Gasteiger charge is 2.18. The zero-order chi connectivity index (χ0) is 11.3. The summed E-state index contributed by atoms with van der Waals surface area (Å²) < 4.78 is 23.9. The van der Waals surface area contributed by atoms with E-state index < -0.39 is 9.84 Å². The Morgan fingerprint density at radius 1 is 1.20 bits per heavy atom. The van der Waals surface area contributed by atoms with Crippen molar-refractivity contribution in [2.45, 2.75) is 4.90 Å². The zero-order valence-corrected chi connectivity index (χ0v) is 9.07. The number of sulfone groups is 1. The third kappa shape index (κ3) is 2.65. The fraction of sp³-hybridized carbons (Fsp3) is 0.200. The maximum Gasteiger partial charge on any atom is 0.203 e. The number of nitrogens with two attached hydrogens (primary N) is 2. The average molecular weight is 226 g/mol. The molecule has 0 fully saturated rings. The van der Waals surface area contributed by atoms with Gasteiger partial charge in [0.1, 0.15) is 0 Å². The molecule has 5 heteroatoms. The van der Waals surface area contributed by atoms with Gasteiger partial charge >= 0.3 is 0 Å². The minimum absolute atomic E-state index is 0.0333. The molecule has 4 nitrogen and oxygen atoms in total.